The maximum Gasteiger partial charge on any atom is 0.164 e. The molecule has 0 spiro atoms. The van der Waals surface area contributed by atoms with Gasteiger partial charge in [0.25, 0.3) is 0 Å². The average molecular weight is 603 g/mol. The summed E-state index contributed by atoms with van der Waals surface area (Å²) in [5, 5.41) is 3.82. The molecule has 0 aliphatic carbocycles. The van der Waals surface area contributed by atoms with E-state index in [9.17, 15) is 0 Å². The Morgan fingerprint density at radius 1 is 0.356 bits per heavy atom. The summed E-state index contributed by atoms with van der Waals surface area (Å²) in [6.45, 7) is 9.31. The highest BCUT2D eigenvalue weighted by Gasteiger charge is 2.21. The molecule has 0 unspecified atom stereocenters. The van der Waals surface area contributed by atoms with Gasteiger partial charge in [-0.05, 0) is 0 Å². The molecule has 218 valence electrons. The number of hydrogen-bond acceptors (Lipinski definition) is 6. The van der Waals surface area contributed by atoms with Crippen molar-refractivity contribution in [1.82, 2.24) is 39.9 Å². The summed E-state index contributed by atoms with van der Waals surface area (Å²) in [6, 6.07) is 32.2. The van der Waals surface area contributed by atoms with Crippen LogP contribution in [0.4, 0.5) is 0 Å². The zero-order chi connectivity index (χ0) is 30.7. The van der Waals surface area contributed by atoms with Crippen LogP contribution in [0.5, 0.6) is 0 Å². The third kappa shape index (κ3) is 4.87. The van der Waals surface area contributed by atoms with E-state index in [4.69, 9.17) is 29.9 Å². The second-order valence-corrected chi connectivity index (χ2v) is 18.8. The normalized spacial score (nSPS) is 12.0. The number of rotatable bonds is 0. The Kier molecular flexibility index (Phi) is 6.17. The topological polar surface area (TPSA) is 109 Å². The molecule has 45 heavy (non-hydrogen) atoms. The summed E-state index contributed by atoms with van der Waals surface area (Å²) < 4.78 is 0. The molecule has 9 heteroatoms. The van der Waals surface area contributed by atoms with E-state index >= 15 is 0 Å². The highest BCUT2D eigenvalue weighted by Crippen LogP contribution is 2.36. The fourth-order valence-corrected chi connectivity index (χ4v) is 5.59. The fraction of sp³-hybridized carbons (Fsp3) is 0.111. The number of nitrogens with zero attached hydrogens (tertiary/aromatic N) is 6. The van der Waals surface area contributed by atoms with E-state index < -0.39 is 8.07 Å². The molecule has 4 aromatic carbocycles. The van der Waals surface area contributed by atoms with E-state index in [1.807, 2.05) is 97.1 Å². The maximum atomic E-state index is 5.02. The van der Waals surface area contributed by atoms with Crippen LogP contribution in [0.25, 0.3) is 89.7 Å². The van der Waals surface area contributed by atoms with Crippen molar-refractivity contribution < 1.29 is 0 Å². The lowest BCUT2D eigenvalue weighted by atomic mass is 10.1. The van der Waals surface area contributed by atoms with Crippen molar-refractivity contribution in [3.8, 4) is 45.6 Å². The van der Waals surface area contributed by atoms with Gasteiger partial charge in [0.1, 0.15) is 22.6 Å². The molecule has 9 rings (SSSR count). The van der Waals surface area contributed by atoms with Crippen molar-refractivity contribution in [2.45, 2.75) is 26.2 Å². The van der Waals surface area contributed by atoms with Crippen LogP contribution in [0.15, 0.2) is 97.1 Å². The first-order chi connectivity index (χ1) is 21.8. The van der Waals surface area contributed by atoms with E-state index in [0.717, 1.165) is 43.8 Å². The molecule has 0 atom stereocenters. The summed E-state index contributed by atoms with van der Waals surface area (Å²) in [4.78, 5) is 36.8. The molecule has 3 aromatic heterocycles. The summed E-state index contributed by atoms with van der Waals surface area (Å²) in [6.07, 6.45) is 0. The SMILES string of the molecule is C[Si](C)(C)C.c1ccc2c(c1)-c1nc-2nc2[nH]c(nc3nc(nc4[nH]c(n1)c1ccccc41)-c1ccccc1-3)c1ccccc21. The van der Waals surface area contributed by atoms with Crippen LogP contribution in [0.3, 0.4) is 0 Å². The highest BCUT2D eigenvalue weighted by molar-refractivity contribution is 6.74. The molecule has 0 saturated carbocycles. The van der Waals surface area contributed by atoms with Crippen molar-refractivity contribution in [3.05, 3.63) is 97.1 Å². The zero-order valence-electron chi connectivity index (χ0n) is 25.4. The third-order valence-corrected chi connectivity index (χ3v) is 7.46. The Morgan fingerprint density at radius 3 is 0.822 bits per heavy atom. The van der Waals surface area contributed by atoms with E-state index in [0.29, 0.717) is 45.9 Å². The van der Waals surface area contributed by atoms with Crippen molar-refractivity contribution in [2.75, 3.05) is 0 Å². The first-order valence-electron chi connectivity index (χ1n) is 15.0. The molecule has 2 N–H and O–H groups in total. The molecule has 2 aliphatic heterocycles. The molecule has 7 aromatic rings. The van der Waals surface area contributed by atoms with Crippen LogP contribution < -0.4 is 0 Å². The second-order valence-electron chi connectivity index (χ2n) is 12.8. The maximum absolute atomic E-state index is 5.02. The first-order valence-corrected chi connectivity index (χ1v) is 19.0. The van der Waals surface area contributed by atoms with Gasteiger partial charge in [0.2, 0.25) is 0 Å². The molecule has 0 saturated heterocycles. The molecular formula is C36H30N8Si. The number of aromatic nitrogens is 8. The predicted molar refractivity (Wildman–Crippen MR) is 185 cm³/mol. The molecule has 5 heterocycles. The van der Waals surface area contributed by atoms with Gasteiger partial charge in [0.05, 0.1) is 0 Å². The van der Waals surface area contributed by atoms with Gasteiger partial charge >= 0.3 is 0 Å². The molecule has 2 aliphatic rings. The van der Waals surface area contributed by atoms with Crippen LogP contribution in [0.1, 0.15) is 0 Å². The lowest BCUT2D eigenvalue weighted by Crippen LogP contribution is -2.10. The minimum Gasteiger partial charge on any atom is -0.324 e. The van der Waals surface area contributed by atoms with Crippen LogP contribution in [0, 0.1) is 0 Å². The van der Waals surface area contributed by atoms with Gasteiger partial charge in [0.15, 0.2) is 23.3 Å². The standard InChI is InChI=1S/C32H18N8.C4H12Si/c1-2-10-18-17(9-1)25-33-26(18)38-28-21-13-5-6-14-22(21)30(35-28)40-32-24-16-8-7-15-23(24)31(36-32)39-29-20-12-4-3-11-19(20)27(34-29)37-25;1-5(2,3)4/h1-16H,(H2,33,34,35,36,37,38,39,40);1-4H3. The lowest BCUT2D eigenvalue weighted by Gasteiger charge is -2.01. The summed E-state index contributed by atoms with van der Waals surface area (Å²) in [5.41, 5.74) is 6.45. The Balaban J connectivity index is 0.000000560. The van der Waals surface area contributed by atoms with Crippen LogP contribution in [0.2, 0.25) is 26.2 Å². The van der Waals surface area contributed by atoms with Gasteiger partial charge in [-0.15, -0.1) is 0 Å². The summed E-state index contributed by atoms with van der Waals surface area (Å²) in [7, 11) is -0.611. The second kappa shape index (κ2) is 10.3. The van der Waals surface area contributed by atoms with Crippen molar-refractivity contribution in [3.63, 3.8) is 0 Å². The van der Waals surface area contributed by atoms with Gasteiger partial charge in [-0.25, -0.2) is 29.9 Å². The number of aromatic amines is 2. The Hall–Kier alpha value is -5.54. The van der Waals surface area contributed by atoms with E-state index in [-0.39, 0.29) is 0 Å². The predicted octanol–water partition coefficient (Wildman–Crippen LogP) is 8.82. The molecule has 0 fully saturated rings. The summed E-state index contributed by atoms with van der Waals surface area (Å²) in [5.74, 6) is 2.39. The number of nitrogens with one attached hydrogen (secondary N) is 2. The number of H-pyrrole nitrogens is 2. The minimum atomic E-state index is -0.611. The van der Waals surface area contributed by atoms with Gasteiger partial charge in [-0.3, -0.25) is 0 Å². The zero-order valence-corrected chi connectivity index (χ0v) is 26.4. The summed E-state index contributed by atoms with van der Waals surface area (Å²) >= 11 is 0. The van der Waals surface area contributed by atoms with Crippen LogP contribution in [-0.4, -0.2) is 47.9 Å². The van der Waals surface area contributed by atoms with Gasteiger partial charge in [-0.1, -0.05) is 123 Å². The van der Waals surface area contributed by atoms with E-state index in [2.05, 4.69) is 36.2 Å². The van der Waals surface area contributed by atoms with Gasteiger partial charge in [-0.2, -0.15) is 0 Å². The molecular weight excluding hydrogens is 573 g/mol. The monoisotopic (exact) mass is 602 g/mol. The number of benzene rings is 4. The smallest absolute Gasteiger partial charge is 0.164 e. The Bertz CT molecular complexity index is 2130. The van der Waals surface area contributed by atoms with Crippen molar-refractivity contribution >= 4 is 52.2 Å². The number of fused-ring (bicyclic) bond motifs is 20. The van der Waals surface area contributed by atoms with Gasteiger partial charge < -0.3 is 9.97 Å². The van der Waals surface area contributed by atoms with Crippen molar-refractivity contribution in [2.24, 2.45) is 0 Å². The highest BCUT2D eigenvalue weighted by atomic mass is 28.3. The van der Waals surface area contributed by atoms with Crippen LogP contribution in [-0.2, 0) is 0 Å². The van der Waals surface area contributed by atoms with E-state index in [1.54, 1.807) is 0 Å². The molecule has 8 bridgehead atoms. The van der Waals surface area contributed by atoms with Crippen molar-refractivity contribution in [1.29, 1.82) is 0 Å². The van der Waals surface area contributed by atoms with Gasteiger partial charge in [0, 0.05) is 51.9 Å². The third-order valence-electron chi connectivity index (χ3n) is 7.46. The largest absolute Gasteiger partial charge is 0.324 e. The molecule has 8 nitrogen and oxygen atoms in total. The molecule has 0 radical (unpaired) electrons. The Labute approximate surface area is 260 Å². The van der Waals surface area contributed by atoms with E-state index in [1.165, 1.54) is 0 Å². The fourth-order valence-electron chi connectivity index (χ4n) is 5.59. The minimum absolute atomic E-state index is 0.597. The average Bonchev–Trinajstić information content (AvgIpc) is 3.76. The van der Waals surface area contributed by atoms with Crippen LogP contribution >= 0.6 is 0 Å². The quantitative estimate of drug-likeness (QED) is 0.168. The Morgan fingerprint density at radius 2 is 0.578 bits per heavy atom. The lowest BCUT2D eigenvalue weighted by molar-refractivity contribution is 1.19. The number of hydrogen-bond donors (Lipinski definition) is 2. The first kappa shape index (κ1) is 27.0. The molecule has 0 amide bonds.